The Balaban J connectivity index is 1.74. The van der Waals surface area contributed by atoms with E-state index in [1.807, 2.05) is 50.2 Å². The number of rotatable bonds is 6. The van der Waals surface area contributed by atoms with Crippen molar-refractivity contribution in [3.63, 3.8) is 0 Å². The first kappa shape index (κ1) is 19.5. The van der Waals surface area contributed by atoms with E-state index in [0.29, 0.717) is 24.1 Å². The van der Waals surface area contributed by atoms with Crippen molar-refractivity contribution in [2.75, 3.05) is 5.32 Å². The predicted molar refractivity (Wildman–Crippen MR) is 113 cm³/mol. The van der Waals surface area contributed by atoms with E-state index in [4.69, 9.17) is 0 Å². The number of para-hydroxylation sites is 1. The van der Waals surface area contributed by atoms with E-state index in [9.17, 15) is 4.79 Å². The van der Waals surface area contributed by atoms with Gasteiger partial charge in [0.1, 0.15) is 5.69 Å². The quantitative estimate of drug-likeness (QED) is 0.645. The van der Waals surface area contributed by atoms with Crippen LogP contribution in [0.3, 0.4) is 0 Å². The van der Waals surface area contributed by atoms with Crippen LogP contribution in [0.4, 0.5) is 11.6 Å². The maximum Gasteiger partial charge on any atom is 0.270 e. The SMILES string of the molecule is Cc1ccc(CNC(=O)c2ccnc(Nc3c(C)cccc3C(C)C)n2)cc1. The second-order valence-electron chi connectivity index (χ2n) is 7.25. The highest BCUT2D eigenvalue weighted by molar-refractivity contribution is 5.92. The lowest BCUT2D eigenvalue weighted by molar-refractivity contribution is 0.0946. The van der Waals surface area contributed by atoms with Gasteiger partial charge in [0, 0.05) is 18.4 Å². The van der Waals surface area contributed by atoms with Crippen LogP contribution in [0.25, 0.3) is 0 Å². The van der Waals surface area contributed by atoms with Crippen LogP contribution < -0.4 is 10.6 Å². The van der Waals surface area contributed by atoms with Gasteiger partial charge in [0.15, 0.2) is 0 Å². The molecule has 2 aromatic carbocycles. The standard InChI is InChI=1S/C23H26N4O/c1-15(2)19-7-5-6-17(4)21(19)27-23-24-13-12-20(26-23)22(28)25-14-18-10-8-16(3)9-11-18/h5-13,15H,14H2,1-4H3,(H,25,28)(H,24,26,27). The first-order valence-corrected chi connectivity index (χ1v) is 9.47. The topological polar surface area (TPSA) is 66.9 Å². The third-order valence-corrected chi connectivity index (χ3v) is 4.63. The lowest BCUT2D eigenvalue weighted by Gasteiger charge is -2.16. The molecular weight excluding hydrogens is 348 g/mol. The van der Waals surface area contributed by atoms with Crippen LogP contribution in [-0.4, -0.2) is 15.9 Å². The highest BCUT2D eigenvalue weighted by Crippen LogP contribution is 2.29. The number of anilines is 2. The van der Waals surface area contributed by atoms with E-state index < -0.39 is 0 Å². The van der Waals surface area contributed by atoms with Gasteiger partial charge >= 0.3 is 0 Å². The van der Waals surface area contributed by atoms with E-state index in [1.165, 1.54) is 11.1 Å². The fraction of sp³-hybridized carbons (Fsp3) is 0.261. The normalized spacial score (nSPS) is 10.8. The average molecular weight is 374 g/mol. The zero-order valence-corrected chi connectivity index (χ0v) is 16.8. The molecule has 0 saturated heterocycles. The molecule has 0 saturated carbocycles. The fourth-order valence-electron chi connectivity index (χ4n) is 2.98. The Labute approximate surface area is 166 Å². The second-order valence-corrected chi connectivity index (χ2v) is 7.25. The number of carbonyl (C=O) groups is 1. The molecule has 3 aromatic rings. The molecule has 0 unspecified atom stereocenters. The third-order valence-electron chi connectivity index (χ3n) is 4.63. The molecule has 0 spiro atoms. The Morgan fingerprint density at radius 3 is 2.50 bits per heavy atom. The van der Waals surface area contributed by atoms with Crippen molar-refractivity contribution in [3.05, 3.63) is 82.7 Å². The van der Waals surface area contributed by atoms with E-state index in [2.05, 4.69) is 40.5 Å². The molecule has 0 fully saturated rings. The molecule has 0 aliphatic carbocycles. The molecule has 144 valence electrons. The summed E-state index contributed by atoms with van der Waals surface area (Å²) in [5.41, 5.74) is 5.88. The van der Waals surface area contributed by atoms with Gasteiger partial charge in [-0.2, -0.15) is 0 Å². The molecule has 5 heteroatoms. The van der Waals surface area contributed by atoms with Crippen molar-refractivity contribution in [1.29, 1.82) is 0 Å². The summed E-state index contributed by atoms with van der Waals surface area (Å²) in [6, 6.07) is 15.9. The Bertz CT molecular complexity index is 965. The van der Waals surface area contributed by atoms with Gasteiger partial charge in [0.2, 0.25) is 5.95 Å². The van der Waals surface area contributed by atoms with Crippen molar-refractivity contribution in [2.45, 2.75) is 40.2 Å². The minimum absolute atomic E-state index is 0.222. The zero-order chi connectivity index (χ0) is 20.1. The van der Waals surface area contributed by atoms with E-state index in [-0.39, 0.29) is 5.91 Å². The second kappa shape index (κ2) is 8.65. The molecule has 2 N–H and O–H groups in total. The maximum absolute atomic E-state index is 12.5. The Morgan fingerprint density at radius 1 is 1.04 bits per heavy atom. The van der Waals surface area contributed by atoms with Crippen LogP contribution in [0.1, 0.15) is 52.5 Å². The van der Waals surface area contributed by atoms with Crippen molar-refractivity contribution in [1.82, 2.24) is 15.3 Å². The summed E-state index contributed by atoms with van der Waals surface area (Å²) in [7, 11) is 0. The average Bonchev–Trinajstić information content (AvgIpc) is 2.69. The smallest absolute Gasteiger partial charge is 0.270 e. The lowest BCUT2D eigenvalue weighted by atomic mass is 9.98. The van der Waals surface area contributed by atoms with Crippen molar-refractivity contribution in [2.24, 2.45) is 0 Å². The fourth-order valence-corrected chi connectivity index (χ4v) is 2.98. The number of nitrogens with zero attached hydrogens (tertiary/aromatic N) is 2. The number of aromatic nitrogens is 2. The molecule has 0 aliphatic heterocycles. The molecule has 0 aliphatic rings. The Hall–Kier alpha value is -3.21. The molecule has 3 rings (SSSR count). The van der Waals surface area contributed by atoms with Crippen molar-refractivity contribution >= 4 is 17.5 Å². The van der Waals surface area contributed by atoms with E-state index in [0.717, 1.165) is 16.8 Å². The molecule has 1 heterocycles. The van der Waals surface area contributed by atoms with Crippen LogP contribution in [0.15, 0.2) is 54.7 Å². The lowest BCUT2D eigenvalue weighted by Crippen LogP contribution is -2.24. The summed E-state index contributed by atoms with van der Waals surface area (Å²) in [5.74, 6) is 0.558. The summed E-state index contributed by atoms with van der Waals surface area (Å²) in [6.45, 7) is 8.84. The van der Waals surface area contributed by atoms with Gasteiger partial charge in [-0.05, 0) is 42.5 Å². The summed E-state index contributed by atoms with van der Waals surface area (Å²) in [4.78, 5) is 21.2. The number of hydrogen-bond donors (Lipinski definition) is 2. The van der Waals surface area contributed by atoms with Gasteiger partial charge in [-0.25, -0.2) is 9.97 Å². The van der Waals surface area contributed by atoms with Crippen LogP contribution in [0.5, 0.6) is 0 Å². The molecule has 1 aromatic heterocycles. The number of benzene rings is 2. The highest BCUT2D eigenvalue weighted by atomic mass is 16.1. The molecule has 0 radical (unpaired) electrons. The predicted octanol–water partition coefficient (Wildman–Crippen LogP) is 4.89. The maximum atomic E-state index is 12.5. The molecular formula is C23H26N4O. The number of carbonyl (C=O) groups excluding carboxylic acids is 1. The minimum atomic E-state index is -0.222. The van der Waals surface area contributed by atoms with Crippen LogP contribution >= 0.6 is 0 Å². The van der Waals surface area contributed by atoms with E-state index in [1.54, 1.807) is 12.3 Å². The van der Waals surface area contributed by atoms with Gasteiger partial charge < -0.3 is 10.6 Å². The summed E-state index contributed by atoms with van der Waals surface area (Å²) < 4.78 is 0. The first-order chi connectivity index (χ1) is 13.4. The summed E-state index contributed by atoms with van der Waals surface area (Å²) in [5, 5.41) is 6.20. The molecule has 0 atom stereocenters. The van der Waals surface area contributed by atoms with Crippen LogP contribution in [0, 0.1) is 13.8 Å². The Kier molecular flexibility index (Phi) is 6.04. The number of amides is 1. The van der Waals surface area contributed by atoms with Gasteiger partial charge in [-0.15, -0.1) is 0 Å². The van der Waals surface area contributed by atoms with Crippen LogP contribution in [0.2, 0.25) is 0 Å². The van der Waals surface area contributed by atoms with Crippen molar-refractivity contribution < 1.29 is 4.79 Å². The number of hydrogen-bond acceptors (Lipinski definition) is 4. The summed E-state index contributed by atoms with van der Waals surface area (Å²) in [6.07, 6.45) is 1.60. The molecule has 5 nitrogen and oxygen atoms in total. The molecule has 0 bridgehead atoms. The van der Waals surface area contributed by atoms with Gasteiger partial charge in [-0.1, -0.05) is 61.9 Å². The molecule has 28 heavy (non-hydrogen) atoms. The largest absolute Gasteiger partial charge is 0.347 e. The zero-order valence-electron chi connectivity index (χ0n) is 16.8. The monoisotopic (exact) mass is 374 g/mol. The third kappa shape index (κ3) is 4.74. The van der Waals surface area contributed by atoms with Crippen molar-refractivity contribution in [3.8, 4) is 0 Å². The molecule has 1 amide bonds. The summed E-state index contributed by atoms with van der Waals surface area (Å²) >= 11 is 0. The first-order valence-electron chi connectivity index (χ1n) is 9.47. The van der Waals surface area contributed by atoms with Gasteiger partial charge in [0.05, 0.1) is 0 Å². The van der Waals surface area contributed by atoms with E-state index >= 15 is 0 Å². The Morgan fingerprint density at radius 2 is 1.79 bits per heavy atom. The van der Waals surface area contributed by atoms with Gasteiger partial charge in [-0.3, -0.25) is 4.79 Å². The number of aryl methyl sites for hydroxylation is 2. The highest BCUT2D eigenvalue weighted by Gasteiger charge is 2.13. The van der Waals surface area contributed by atoms with Gasteiger partial charge in [0.25, 0.3) is 5.91 Å². The van der Waals surface area contributed by atoms with Crippen LogP contribution in [-0.2, 0) is 6.54 Å². The minimum Gasteiger partial charge on any atom is -0.347 e. The number of nitrogens with one attached hydrogen (secondary N) is 2.